The van der Waals surface area contributed by atoms with E-state index in [1.165, 1.54) is 24.1 Å². The van der Waals surface area contributed by atoms with Crippen LogP contribution in [0.5, 0.6) is 0 Å². The lowest BCUT2D eigenvalue weighted by molar-refractivity contribution is -0.150. The summed E-state index contributed by atoms with van der Waals surface area (Å²) in [6.45, 7) is 0.321. The molecule has 0 spiro atoms. The maximum atomic E-state index is 12.8. The lowest BCUT2D eigenvalue weighted by Gasteiger charge is -2.49. The minimum absolute atomic E-state index is 0.0502. The van der Waals surface area contributed by atoms with Gasteiger partial charge in [-0.15, -0.1) is 23.1 Å². The van der Waals surface area contributed by atoms with Gasteiger partial charge in [-0.1, -0.05) is 5.16 Å². The number of carbonyl (C=O) groups is 5. The topological polar surface area (TPSA) is 217 Å². The molecule has 1 aromatic rings. The third-order valence-electron chi connectivity index (χ3n) is 4.33. The maximum Gasteiger partial charge on any atom is 0.352 e. The van der Waals surface area contributed by atoms with E-state index in [-0.39, 0.29) is 40.2 Å². The lowest BCUT2D eigenvalue weighted by Crippen LogP contribution is -2.71. The van der Waals surface area contributed by atoms with Gasteiger partial charge in [0, 0.05) is 23.6 Å². The van der Waals surface area contributed by atoms with E-state index in [0.717, 1.165) is 16.2 Å². The Balaban J connectivity index is 1.78. The van der Waals surface area contributed by atoms with Gasteiger partial charge in [0.2, 0.25) is 0 Å². The van der Waals surface area contributed by atoms with Crippen LogP contribution in [0.3, 0.4) is 0 Å². The number of carboxylic acids is 1. The molecule has 3 heterocycles. The van der Waals surface area contributed by atoms with Gasteiger partial charge in [0.25, 0.3) is 17.7 Å². The van der Waals surface area contributed by atoms with Crippen LogP contribution in [0.2, 0.25) is 0 Å². The van der Waals surface area contributed by atoms with Crippen LogP contribution < -0.4 is 16.8 Å². The molecule has 176 valence electrons. The van der Waals surface area contributed by atoms with Crippen molar-refractivity contribution in [1.82, 2.24) is 15.2 Å². The Kier molecular flexibility index (Phi) is 7.17. The molecular formula is C17H18N6O8S2. The van der Waals surface area contributed by atoms with Gasteiger partial charge in [-0.25, -0.2) is 9.78 Å². The summed E-state index contributed by atoms with van der Waals surface area (Å²) in [4.78, 5) is 69.0. The van der Waals surface area contributed by atoms with E-state index in [0.29, 0.717) is 0 Å². The van der Waals surface area contributed by atoms with Crippen LogP contribution >= 0.6 is 23.1 Å². The molecule has 1 saturated heterocycles. The van der Waals surface area contributed by atoms with E-state index >= 15 is 0 Å². The summed E-state index contributed by atoms with van der Waals surface area (Å²) in [6, 6.07) is -1.07. The Morgan fingerprint density at radius 1 is 1.39 bits per heavy atom. The minimum Gasteiger partial charge on any atom is -0.477 e. The first-order chi connectivity index (χ1) is 15.6. The van der Waals surface area contributed by atoms with Gasteiger partial charge >= 0.3 is 11.9 Å². The fourth-order valence-electron chi connectivity index (χ4n) is 2.95. The number of aromatic nitrogens is 1. The molecule has 3 rings (SSSR count). The Bertz CT molecular complexity index is 1080. The fraction of sp³-hybridized carbons (Fsp3) is 0.353. The number of amides is 3. The van der Waals surface area contributed by atoms with Crippen molar-refractivity contribution in [2.75, 3.05) is 24.7 Å². The highest BCUT2D eigenvalue weighted by Crippen LogP contribution is 2.40. The van der Waals surface area contributed by atoms with Crippen molar-refractivity contribution < 1.29 is 38.7 Å². The molecule has 2 atom stereocenters. The van der Waals surface area contributed by atoms with Crippen LogP contribution in [0, 0.1) is 0 Å². The van der Waals surface area contributed by atoms with Gasteiger partial charge in [0.05, 0.1) is 0 Å². The number of esters is 1. The highest BCUT2D eigenvalue weighted by atomic mass is 32.2. The Morgan fingerprint density at radius 3 is 2.70 bits per heavy atom. The van der Waals surface area contributed by atoms with Crippen LogP contribution in [0.4, 0.5) is 5.13 Å². The average Bonchev–Trinajstić information content (AvgIpc) is 3.17. The van der Waals surface area contributed by atoms with Crippen molar-refractivity contribution >= 4 is 63.6 Å². The quantitative estimate of drug-likeness (QED) is 0.129. The molecule has 33 heavy (non-hydrogen) atoms. The van der Waals surface area contributed by atoms with Gasteiger partial charge < -0.3 is 31.5 Å². The number of nitrogens with two attached hydrogens (primary N) is 2. The molecule has 14 nitrogen and oxygen atoms in total. The number of hydrogen-bond donors (Lipinski definition) is 4. The molecule has 1 aromatic heterocycles. The summed E-state index contributed by atoms with van der Waals surface area (Å²) in [5.41, 5.74) is 10.3. The number of thiazole rings is 1. The second kappa shape index (κ2) is 9.86. The summed E-state index contributed by atoms with van der Waals surface area (Å²) in [7, 11) is 0. The lowest BCUT2D eigenvalue weighted by atomic mass is 10.0. The van der Waals surface area contributed by atoms with Crippen molar-refractivity contribution in [1.29, 1.82) is 0 Å². The smallest absolute Gasteiger partial charge is 0.352 e. The van der Waals surface area contributed by atoms with Gasteiger partial charge in [-0.3, -0.25) is 24.1 Å². The minimum atomic E-state index is -1.36. The number of aliphatic carboxylic acids is 1. The van der Waals surface area contributed by atoms with E-state index in [1.54, 1.807) is 0 Å². The number of anilines is 1. The zero-order valence-corrected chi connectivity index (χ0v) is 18.6. The van der Waals surface area contributed by atoms with Gasteiger partial charge in [0.15, 0.2) is 17.5 Å². The number of carboxylic acid groups (broad SMARTS) is 1. The highest BCUT2D eigenvalue weighted by molar-refractivity contribution is 8.00. The van der Waals surface area contributed by atoms with E-state index < -0.39 is 47.7 Å². The number of nitrogen functional groups attached to an aromatic ring is 1. The molecule has 2 aliphatic rings. The summed E-state index contributed by atoms with van der Waals surface area (Å²) in [5.74, 6) is -4.13. The molecule has 3 amide bonds. The highest BCUT2D eigenvalue weighted by Gasteiger charge is 2.54. The number of carbonyl (C=O) groups excluding carboxylic acids is 4. The first kappa shape index (κ1) is 24.0. The number of nitrogens with zero attached hydrogens (tertiary/aromatic N) is 3. The number of primary amides is 1. The van der Waals surface area contributed by atoms with Crippen LogP contribution in [-0.2, 0) is 33.5 Å². The molecule has 1 unspecified atom stereocenters. The number of β-lactam (4-membered cyclic amide) rings is 1. The van der Waals surface area contributed by atoms with Crippen LogP contribution in [0.15, 0.2) is 21.8 Å². The van der Waals surface area contributed by atoms with Crippen molar-refractivity contribution in [3.63, 3.8) is 0 Å². The van der Waals surface area contributed by atoms with Crippen LogP contribution in [-0.4, -0.2) is 80.7 Å². The number of fused-ring (bicyclic) bond motifs is 1. The molecule has 16 heteroatoms. The number of ether oxygens (including phenoxy) is 1. The standard InChI is InChI=1S/C17H18N6O8S2/c1-6(24)30-2-7-4-32-15-11(14(27)23(15)12(7)16(28)29)21-13(26)10(22-31-3-9(18)25)8-5-33-17(19)20-8/h5,11,15H,2-4H2,1H3,(H2,18,25)(H2,19,20)(H,21,26)(H,28,29)/t11?,15-/m1/s1. The Morgan fingerprint density at radius 2 is 2.12 bits per heavy atom. The third kappa shape index (κ3) is 5.23. The summed E-state index contributed by atoms with van der Waals surface area (Å²) in [6.07, 6.45) is 0. The third-order valence-corrected chi connectivity index (χ3v) is 6.34. The van der Waals surface area contributed by atoms with Gasteiger partial charge in [-0.05, 0) is 0 Å². The largest absolute Gasteiger partial charge is 0.477 e. The summed E-state index contributed by atoms with van der Waals surface area (Å²) in [5, 5.41) is 16.5. The monoisotopic (exact) mass is 498 g/mol. The molecule has 6 N–H and O–H groups in total. The van der Waals surface area contributed by atoms with Crippen molar-refractivity contribution in [2.24, 2.45) is 10.9 Å². The van der Waals surface area contributed by atoms with Crippen molar-refractivity contribution in [3.05, 3.63) is 22.3 Å². The Labute approximate surface area is 193 Å². The number of rotatable bonds is 9. The average molecular weight is 498 g/mol. The molecular weight excluding hydrogens is 480 g/mol. The van der Waals surface area contributed by atoms with Crippen LogP contribution in [0.25, 0.3) is 0 Å². The predicted molar refractivity (Wildman–Crippen MR) is 115 cm³/mol. The first-order valence-corrected chi connectivity index (χ1v) is 11.1. The number of nitrogens with one attached hydrogen (secondary N) is 1. The second-order valence-corrected chi connectivity index (χ2v) is 8.64. The molecule has 0 aliphatic carbocycles. The van der Waals surface area contributed by atoms with E-state index in [2.05, 4.69) is 15.5 Å². The number of hydrogen-bond acceptors (Lipinski definition) is 12. The van der Waals surface area contributed by atoms with Crippen LogP contribution in [0.1, 0.15) is 12.6 Å². The Hall–Kier alpha value is -3.66. The second-order valence-electron chi connectivity index (χ2n) is 6.65. The molecule has 0 bridgehead atoms. The first-order valence-electron chi connectivity index (χ1n) is 9.14. The molecule has 1 fully saturated rings. The summed E-state index contributed by atoms with van der Waals surface area (Å²) >= 11 is 2.22. The van der Waals surface area contributed by atoms with E-state index in [9.17, 15) is 29.1 Å². The molecule has 0 aromatic carbocycles. The number of thioether (sulfide) groups is 1. The van der Waals surface area contributed by atoms with Gasteiger partial charge in [-0.2, -0.15) is 0 Å². The number of oxime groups is 1. The van der Waals surface area contributed by atoms with E-state index in [4.69, 9.17) is 21.0 Å². The zero-order valence-electron chi connectivity index (χ0n) is 17.0. The fourth-order valence-corrected chi connectivity index (χ4v) is 4.83. The van der Waals surface area contributed by atoms with Gasteiger partial charge in [0.1, 0.15) is 29.4 Å². The molecule has 0 saturated carbocycles. The maximum absolute atomic E-state index is 12.8. The van der Waals surface area contributed by atoms with Crippen molar-refractivity contribution in [3.8, 4) is 0 Å². The normalized spacial score (nSPS) is 20.0. The van der Waals surface area contributed by atoms with E-state index in [1.807, 2.05) is 0 Å². The van der Waals surface area contributed by atoms with Crippen molar-refractivity contribution in [2.45, 2.75) is 18.3 Å². The summed E-state index contributed by atoms with van der Waals surface area (Å²) < 4.78 is 4.87. The zero-order chi connectivity index (χ0) is 24.3. The molecule has 2 aliphatic heterocycles. The molecule has 0 radical (unpaired) electrons. The SMILES string of the molecule is CC(=O)OCC1=C(C(=O)O)N2C(=O)C(NC(=O)C(=NOCC(N)=O)c3csc(N)n3)[C@H]2SC1. The predicted octanol–water partition coefficient (Wildman–Crippen LogP) is -1.77.